The van der Waals surface area contributed by atoms with Gasteiger partial charge in [-0.1, -0.05) is 17.7 Å². The van der Waals surface area contributed by atoms with Crippen molar-refractivity contribution in [2.75, 3.05) is 12.4 Å². The Morgan fingerprint density at radius 3 is 2.79 bits per heavy atom. The molecule has 1 N–H and O–H groups in total. The smallest absolute Gasteiger partial charge is 0.387 e. The third-order valence-electron chi connectivity index (χ3n) is 2.33. The molecule has 0 radical (unpaired) electrons. The third kappa shape index (κ3) is 3.29. The molecule has 0 spiro atoms. The number of hydrogen-bond donors (Lipinski definition) is 1. The first-order valence-corrected chi connectivity index (χ1v) is 5.72. The van der Waals surface area contributed by atoms with Gasteiger partial charge in [-0.25, -0.2) is 4.98 Å². The van der Waals surface area contributed by atoms with Crippen LogP contribution in [0.4, 0.5) is 14.6 Å². The van der Waals surface area contributed by atoms with Crippen molar-refractivity contribution in [1.29, 1.82) is 0 Å². The molecule has 19 heavy (non-hydrogen) atoms. The largest absolute Gasteiger partial charge is 0.433 e. The summed E-state index contributed by atoms with van der Waals surface area (Å²) >= 11 is 5.78. The zero-order valence-electron chi connectivity index (χ0n) is 9.90. The predicted octanol–water partition coefficient (Wildman–Crippen LogP) is 3.44. The van der Waals surface area contributed by atoms with Crippen LogP contribution in [0.15, 0.2) is 30.6 Å². The average molecular weight is 286 g/mol. The van der Waals surface area contributed by atoms with E-state index in [0.717, 1.165) is 0 Å². The number of benzene rings is 1. The second kappa shape index (κ2) is 5.79. The summed E-state index contributed by atoms with van der Waals surface area (Å²) in [5, 5.41) is 2.96. The second-order valence-electron chi connectivity index (χ2n) is 3.56. The van der Waals surface area contributed by atoms with Crippen LogP contribution in [-0.2, 0) is 0 Å². The molecule has 0 amide bonds. The van der Waals surface area contributed by atoms with E-state index in [1.54, 1.807) is 19.3 Å². The lowest BCUT2D eigenvalue weighted by Crippen LogP contribution is -2.02. The minimum absolute atomic E-state index is 0.0918. The van der Waals surface area contributed by atoms with Crippen molar-refractivity contribution < 1.29 is 13.5 Å². The number of nitrogens with zero attached hydrogens (tertiary/aromatic N) is 2. The fraction of sp³-hybridized carbons (Fsp3) is 0.167. The number of rotatable bonds is 4. The van der Waals surface area contributed by atoms with E-state index in [4.69, 9.17) is 11.6 Å². The summed E-state index contributed by atoms with van der Waals surface area (Å²) in [6, 6.07) is 4.53. The van der Waals surface area contributed by atoms with E-state index >= 15 is 0 Å². The van der Waals surface area contributed by atoms with Crippen LogP contribution in [0, 0.1) is 0 Å². The molecule has 100 valence electrons. The van der Waals surface area contributed by atoms with Gasteiger partial charge in [0.15, 0.2) is 0 Å². The molecule has 1 heterocycles. The highest BCUT2D eigenvalue weighted by Crippen LogP contribution is 2.31. The van der Waals surface area contributed by atoms with Gasteiger partial charge in [0.05, 0.1) is 23.1 Å². The molecule has 7 heteroatoms. The van der Waals surface area contributed by atoms with Crippen LogP contribution in [0.25, 0.3) is 11.3 Å². The molecule has 0 aliphatic heterocycles. The summed E-state index contributed by atoms with van der Waals surface area (Å²) in [7, 11) is 1.71. The van der Waals surface area contributed by atoms with E-state index in [1.165, 1.54) is 18.3 Å². The second-order valence-corrected chi connectivity index (χ2v) is 3.97. The molecular weight excluding hydrogens is 276 g/mol. The van der Waals surface area contributed by atoms with Crippen LogP contribution in [0.1, 0.15) is 0 Å². The van der Waals surface area contributed by atoms with Crippen molar-refractivity contribution in [1.82, 2.24) is 9.97 Å². The van der Waals surface area contributed by atoms with Gasteiger partial charge in [-0.3, -0.25) is 4.98 Å². The molecule has 0 saturated carbocycles. The average Bonchev–Trinajstić information content (AvgIpc) is 2.41. The van der Waals surface area contributed by atoms with Gasteiger partial charge in [-0.2, -0.15) is 8.78 Å². The van der Waals surface area contributed by atoms with Gasteiger partial charge in [-0.15, -0.1) is 0 Å². The molecule has 0 aliphatic rings. The van der Waals surface area contributed by atoms with Crippen LogP contribution >= 0.6 is 11.6 Å². The number of halogens is 3. The summed E-state index contributed by atoms with van der Waals surface area (Å²) < 4.78 is 28.8. The Balaban J connectivity index is 2.39. The van der Waals surface area contributed by atoms with E-state index < -0.39 is 6.61 Å². The third-order valence-corrected chi connectivity index (χ3v) is 2.65. The minimum Gasteiger partial charge on any atom is -0.433 e. The Labute approximate surface area is 113 Å². The van der Waals surface area contributed by atoms with Crippen LogP contribution in [0.2, 0.25) is 5.02 Å². The number of hydrogen-bond acceptors (Lipinski definition) is 4. The maximum Gasteiger partial charge on any atom is 0.387 e. The topological polar surface area (TPSA) is 47.0 Å². The molecule has 0 atom stereocenters. The van der Waals surface area contributed by atoms with E-state index in [2.05, 4.69) is 20.0 Å². The fourth-order valence-electron chi connectivity index (χ4n) is 1.47. The van der Waals surface area contributed by atoms with Crippen molar-refractivity contribution >= 4 is 17.4 Å². The van der Waals surface area contributed by atoms with E-state index in [1.807, 2.05) is 0 Å². The highest BCUT2D eigenvalue weighted by Gasteiger charge is 2.11. The number of alkyl halides is 2. The number of nitrogens with one attached hydrogen (secondary N) is 1. The first-order valence-electron chi connectivity index (χ1n) is 5.34. The maximum absolute atomic E-state index is 12.2. The summed E-state index contributed by atoms with van der Waals surface area (Å²) in [6.45, 7) is -2.93. The first kappa shape index (κ1) is 13.5. The molecule has 0 saturated heterocycles. The van der Waals surface area contributed by atoms with Gasteiger partial charge >= 0.3 is 6.61 Å². The number of aromatic nitrogens is 2. The molecule has 0 unspecified atom stereocenters. The first-order chi connectivity index (χ1) is 9.10. The molecular formula is C12H10ClF2N3O. The summed E-state index contributed by atoms with van der Waals surface area (Å²) in [5.41, 5.74) is 1.12. The zero-order valence-corrected chi connectivity index (χ0v) is 10.7. The standard InChI is InChI=1S/C12H10ClF2N3O/c1-16-11-6-17-5-9(18-11)7-2-3-8(13)10(4-7)19-12(14)15/h2-6,12H,1H3,(H,16,18). The van der Waals surface area contributed by atoms with Crippen molar-refractivity contribution in [3.8, 4) is 17.0 Å². The van der Waals surface area contributed by atoms with Gasteiger partial charge in [0.25, 0.3) is 0 Å². The summed E-state index contributed by atoms with van der Waals surface area (Å²) in [4.78, 5) is 8.25. The van der Waals surface area contributed by atoms with Crippen molar-refractivity contribution in [3.05, 3.63) is 35.6 Å². The van der Waals surface area contributed by atoms with Crippen LogP contribution in [0.5, 0.6) is 5.75 Å². The van der Waals surface area contributed by atoms with Gasteiger partial charge in [-0.05, 0) is 12.1 Å². The maximum atomic E-state index is 12.2. The van der Waals surface area contributed by atoms with Gasteiger partial charge < -0.3 is 10.1 Å². The molecule has 1 aromatic heterocycles. The lowest BCUT2D eigenvalue weighted by Gasteiger charge is -2.09. The predicted molar refractivity (Wildman–Crippen MR) is 68.7 cm³/mol. The van der Waals surface area contributed by atoms with E-state index in [-0.39, 0.29) is 10.8 Å². The summed E-state index contributed by atoms with van der Waals surface area (Å²) in [5.74, 6) is 0.481. The van der Waals surface area contributed by atoms with Crippen LogP contribution < -0.4 is 10.1 Å². The minimum atomic E-state index is -2.93. The van der Waals surface area contributed by atoms with Crippen LogP contribution in [0.3, 0.4) is 0 Å². The van der Waals surface area contributed by atoms with Crippen molar-refractivity contribution in [3.63, 3.8) is 0 Å². The van der Waals surface area contributed by atoms with Crippen molar-refractivity contribution in [2.45, 2.75) is 6.61 Å². The number of anilines is 1. The highest BCUT2D eigenvalue weighted by atomic mass is 35.5. The van der Waals surface area contributed by atoms with Crippen LogP contribution in [-0.4, -0.2) is 23.6 Å². The lowest BCUT2D eigenvalue weighted by molar-refractivity contribution is -0.0497. The Morgan fingerprint density at radius 1 is 1.32 bits per heavy atom. The molecule has 1 aromatic carbocycles. The summed E-state index contributed by atoms with van der Waals surface area (Å²) in [6.07, 6.45) is 3.08. The van der Waals surface area contributed by atoms with E-state index in [0.29, 0.717) is 17.1 Å². The van der Waals surface area contributed by atoms with Gasteiger partial charge in [0.1, 0.15) is 11.6 Å². The normalized spacial score (nSPS) is 10.6. The highest BCUT2D eigenvalue weighted by molar-refractivity contribution is 6.32. The fourth-order valence-corrected chi connectivity index (χ4v) is 1.64. The lowest BCUT2D eigenvalue weighted by atomic mass is 10.1. The monoisotopic (exact) mass is 285 g/mol. The quantitative estimate of drug-likeness (QED) is 0.935. The zero-order chi connectivity index (χ0) is 13.8. The van der Waals surface area contributed by atoms with Gasteiger partial charge in [0, 0.05) is 12.6 Å². The SMILES string of the molecule is CNc1cncc(-c2ccc(Cl)c(OC(F)F)c2)n1. The Morgan fingerprint density at radius 2 is 2.11 bits per heavy atom. The Bertz CT molecular complexity index is 581. The molecule has 2 aromatic rings. The van der Waals surface area contributed by atoms with Crippen molar-refractivity contribution in [2.24, 2.45) is 0 Å². The Kier molecular flexibility index (Phi) is 4.11. The Hall–Kier alpha value is -1.95. The molecule has 0 fully saturated rings. The molecule has 2 rings (SSSR count). The molecule has 4 nitrogen and oxygen atoms in total. The van der Waals surface area contributed by atoms with E-state index in [9.17, 15) is 8.78 Å². The van der Waals surface area contributed by atoms with Gasteiger partial charge in [0.2, 0.25) is 0 Å². The number of ether oxygens (including phenoxy) is 1. The molecule has 0 bridgehead atoms. The molecule has 0 aliphatic carbocycles.